The number of nitrogens with one attached hydrogen (secondary N) is 1. The summed E-state index contributed by atoms with van der Waals surface area (Å²) in [5.41, 5.74) is 1.01. The highest BCUT2D eigenvalue weighted by Crippen LogP contribution is 2.28. The van der Waals surface area contributed by atoms with Crippen molar-refractivity contribution in [3.05, 3.63) is 65.2 Å². The summed E-state index contributed by atoms with van der Waals surface area (Å²) in [6, 6.07) is 15.1. The first kappa shape index (κ1) is 19.9. The summed E-state index contributed by atoms with van der Waals surface area (Å²) in [6.07, 6.45) is 0.762. The van der Waals surface area contributed by atoms with Gasteiger partial charge in [0.2, 0.25) is 10.0 Å². The van der Waals surface area contributed by atoms with Gasteiger partial charge < -0.3 is 5.11 Å². The van der Waals surface area contributed by atoms with Crippen molar-refractivity contribution in [3.63, 3.8) is 0 Å². The van der Waals surface area contributed by atoms with Crippen LogP contribution in [0.2, 0.25) is 5.02 Å². The van der Waals surface area contributed by atoms with Gasteiger partial charge in [0.05, 0.1) is 17.5 Å². The Balaban J connectivity index is 2.30. The van der Waals surface area contributed by atoms with E-state index in [1.807, 2.05) is 30.3 Å². The fourth-order valence-electron chi connectivity index (χ4n) is 2.87. The topological polar surface area (TPSA) is 66.4 Å². The predicted octanol–water partition coefficient (Wildman–Crippen LogP) is 3.81. The lowest BCUT2D eigenvalue weighted by Crippen LogP contribution is -2.42. The zero-order chi connectivity index (χ0) is 18.4. The van der Waals surface area contributed by atoms with Crippen molar-refractivity contribution >= 4 is 21.6 Å². The van der Waals surface area contributed by atoms with Gasteiger partial charge in [0.1, 0.15) is 0 Å². The molecule has 6 heteroatoms. The van der Waals surface area contributed by atoms with Crippen LogP contribution >= 0.6 is 11.6 Å². The molecule has 2 N–H and O–H groups in total. The minimum atomic E-state index is -3.75. The molecule has 2 atom stereocenters. The molecule has 0 amide bonds. The zero-order valence-corrected chi connectivity index (χ0v) is 16.0. The molecule has 0 fully saturated rings. The summed E-state index contributed by atoms with van der Waals surface area (Å²) in [6.45, 7) is 3.88. The van der Waals surface area contributed by atoms with E-state index >= 15 is 0 Å². The van der Waals surface area contributed by atoms with Crippen molar-refractivity contribution in [1.82, 2.24) is 4.72 Å². The Bertz CT molecular complexity index is 761. The SMILES string of the molecule is CC(C)CC(c1ccccc1)C(CO)NS(=O)(=O)c1ccc(Cl)cc1. The molecule has 0 heterocycles. The second-order valence-corrected chi connectivity index (χ2v) is 8.66. The van der Waals surface area contributed by atoms with E-state index in [1.54, 1.807) is 0 Å². The van der Waals surface area contributed by atoms with Crippen LogP contribution in [0.5, 0.6) is 0 Å². The van der Waals surface area contributed by atoms with E-state index in [2.05, 4.69) is 18.6 Å². The second kappa shape index (κ2) is 8.81. The summed E-state index contributed by atoms with van der Waals surface area (Å²) in [5.74, 6) is 0.243. The van der Waals surface area contributed by atoms with Gasteiger partial charge in [-0.3, -0.25) is 0 Å². The van der Waals surface area contributed by atoms with Crippen LogP contribution < -0.4 is 4.72 Å². The molecule has 2 rings (SSSR count). The molecular weight excluding hydrogens is 358 g/mol. The summed E-state index contributed by atoms with van der Waals surface area (Å²) < 4.78 is 28.0. The van der Waals surface area contributed by atoms with Crippen molar-refractivity contribution in [1.29, 1.82) is 0 Å². The molecule has 2 aromatic carbocycles. The van der Waals surface area contributed by atoms with Crippen LogP contribution in [-0.4, -0.2) is 26.2 Å². The van der Waals surface area contributed by atoms with Gasteiger partial charge in [0, 0.05) is 10.9 Å². The molecule has 2 unspecified atom stereocenters. The Morgan fingerprint density at radius 3 is 2.16 bits per heavy atom. The fourth-order valence-corrected chi connectivity index (χ4v) is 4.26. The molecule has 0 aliphatic heterocycles. The number of sulfonamides is 1. The third-order valence-corrected chi connectivity index (χ3v) is 5.82. The van der Waals surface area contributed by atoms with Crippen LogP contribution in [0, 0.1) is 5.92 Å². The molecule has 0 aliphatic rings. The summed E-state index contributed by atoms with van der Waals surface area (Å²) >= 11 is 5.83. The number of aliphatic hydroxyl groups is 1. The minimum absolute atomic E-state index is 0.117. The maximum atomic E-state index is 12.7. The summed E-state index contributed by atoms with van der Waals surface area (Å²) in [7, 11) is -3.75. The first-order chi connectivity index (χ1) is 11.8. The number of benzene rings is 2. The van der Waals surface area contributed by atoms with E-state index in [9.17, 15) is 13.5 Å². The second-order valence-electron chi connectivity index (χ2n) is 6.51. The van der Waals surface area contributed by atoms with Crippen LogP contribution in [0.1, 0.15) is 31.7 Å². The number of halogens is 1. The Labute approximate surface area is 154 Å². The van der Waals surface area contributed by atoms with Crippen molar-refractivity contribution < 1.29 is 13.5 Å². The van der Waals surface area contributed by atoms with Gasteiger partial charge in [0.25, 0.3) is 0 Å². The molecule has 0 saturated heterocycles. The van der Waals surface area contributed by atoms with E-state index in [0.717, 1.165) is 12.0 Å². The Morgan fingerprint density at radius 1 is 1.04 bits per heavy atom. The van der Waals surface area contributed by atoms with Gasteiger partial charge in [-0.05, 0) is 42.2 Å². The first-order valence-corrected chi connectivity index (χ1v) is 10.1. The Morgan fingerprint density at radius 2 is 1.64 bits per heavy atom. The monoisotopic (exact) mass is 381 g/mol. The van der Waals surface area contributed by atoms with E-state index in [-0.39, 0.29) is 17.4 Å². The van der Waals surface area contributed by atoms with Gasteiger partial charge >= 0.3 is 0 Å². The molecule has 4 nitrogen and oxygen atoms in total. The van der Waals surface area contributed by atoms with Crippen LogP contribution in [0.15, 0.2) is 59.5 Å². The normalized spacial score (nSPS) is 14.4. The van der Waals surface area contributed by atoms with Gasteiger partial charge in [-0.1, -0.05) is 55.8 Å². The molecule has 0 radical (unpaired) electrons. The van der Waals surface area contributed by atoms with Gasteiger partial charge in [-0.15, -0.1) is 0 Å². The quantitative estimate of drug-likeness (QED) is 0.730. The maximum Gasteiger partial charge on any atom is 0.240 e. The van der Waals surface area contributed by atoms with Crippen molar-refractivity contribution in [2.75, 3.05) is 6.61 Å². The smallest absolute Gasteiger partial charge is 0.240 e. The van der Waals surface area contributed by atoms with Gasteiger partial charge in [0.15, 0.2) is 0 Å². The van der Waals surface area contributed by atoms with E-state index in [4.69, 9.17) is 11.6 Å². The zero-order valence-electron chi connectivity index (χ0n) is 14.4. The lowest BCUT2D eigenvalue weighted by molar-refractivity contribution is 0.229. The molecule has 2 aromatic rings. The number of hydrogen-bond donors (Lipinski definition) is 2. The van der Waals surface area contributed by atoms with Crippen LogP contribution in [0.3, 0.4) is 0 Å². The maximum absolute atomic E-state index is 12.7. The summed E-state index contributed by atoms with van der Waals surface area (Å²) in [4.78, 5) is 0.131. The highest BCUT2D eigenvalue weighted by molar-refractivity contribution is 7.89. The fraction of sp³-hybridized carbons (Fsp3) is 0.368. The van der Waals surface area contributed by atoms with Gasteiger partial charge in [-0.2, -0.15) is 0 Å². The molecule has 0 aliphatic carbocycles. The molecule has 25 heavy (non-hydrogen) atoms. The number of hydrogen-bond acceptors (Lipinski definition) is 3. The van der Waals surface area contributed by atoms with E-state index < -0.39 is 16.1 Å². The highest BCUT2D eigenvalue weighted by Gasteiger charge is 2.28. The first-order valence-electron chi connectivity index (χ1n) is 8.27. The number of rotatable bonds is 8. The standard InChI is InChI=1S/C19H24ClNO3S/c1-14(2)12-18(15-6-4-3-5-7-15)19(13-22)21-25(23,24)17-10-8-16(20)9-11-17/h3-11,14,18-19,21-22H,12-13H2,1-2H3. The van der Waals surface area contributed by atoms with Crippen LogP contribution in [0.4, 0.5) is 0 Å². The third-order valence-electron chi connectivity index (χ3n) is 4.07. The Hall–Kier alpha value is -1.40. The largest absolute Gasteiger partial charge is 0.395 e. The molecule has 0 saturated carbocycles. The van der Waals surface area contributed by atoms with Crippen molar-refractivity contribution in [2.45, 2.75) is 37.1 Å². The van der Waals surface area contributed by atoms with E-state index in [1.165, 1.54) is 24.3 Å². The van der Waals surface area contributed by atoms with E-state index in [0.29, 0.717) is 10.9 Å². The third kappa shape index (κ3) is 5.54. The highest BCUT2D eigenvalue weighted by atomic mass is 35.5. The lowest BCUT2D eigenvalue weighted by Gasteiger charge is -2.28. The molecule has 0 aromatic heterocycles. The molecule has 136 valence electrons. The molecular formula is C19H24ClNO3S. The Kier molecular flexibility index (Phi) is 7.02. The van der Waals surface area contributed by atoms with Crippen LogP contribution in [-0.2, 0) is 10.0 Å². The van der Waals surface area contributed by atoms with Gasteiger partial charge in [-0.25, -0.2) is 13.1 Å². The lowest BCUT2D eigenvalue weighted by atomic mass is 9.85. The van der Waals surface area contributed by atoms with Crippen molar-refractivity contribution in [2.24, 2.45) is 5.92 Å². The molecule has 0 bridgehead atoms. The summed E-state index contributed by atoms with van der Waals surface area (Å²) in [5, 5.41) is 10.3. The minimum Gasteiger partial charge on any atom is -0.395 e. The average Bonchev–Trinajstić information content (AvgIpc) is 2.59. The van der Waals surface area contributed by atoms with Crippen molar-refractivity contribution in [3.8, 4) is 0 Å². The van der Waals surface area contributed by atoms with Crippen LogP contribution in [0.25, 0.3) is 0 Å². The number of aliphatic hydroxyl groups excluding tert-OH is 1. The average molecular weight is 382 g/mol. The predicted molar refractivity (Wildman–Crippen MR) is 101 cm³/mol. The molecule has 0 spiro atoms.